The predicted octanol–water partition coefficient (Wildman–Crippen LogP) is 0.720. The monoisotopic (exact) mass is 286 g/mol. The number of nitrogens with two attached hydrogens (primary N) is 1. The van der Waals surface area contributed by atoms with Gasteiger partial charge in [0.25, 0.3) is 5.91 Å². The molecule has 81 valence electrons. The maximum absolute atomic E-state index is 10.7. The van der Waals surface area contributed by atoms with Gasteiger partial charge in [-0.3, -0.25) is 9.89 Å². The van der Waals surface area contributed by atoms with Gasteiger partial charge in [0.2, 0.25) is 0 Å². The second kappa shape index (κ2) is 8.49. The number of aromatic nitrogens is 3. The predicted molar refractivity (Wildman–Crippen MR) is 53.2 cm³/mol. The van der Waals surface area contributed by atoms with Crippen LogP contribution in [-0.2, 0) is 32.7 Å². The normalized spacial score (nSPS) is 7.93. The Morgan fingerprint density at radius 2 is 1.93 bits per heavy atom. The molecule has 15 heavy (non-hydrogen) atoms. The smallest absolute Gasteiger partial charge is 0.270 e. The first-order valence-electron chi connectivity index (χ1n) is 4.09. The number of anilines is 1. The van der Waals surface area contributed by atoms with E-state index in [4.69, 9.17) is 11.5 Å². The first-order chi connectivity index (χ1) is 6.65. The molecule has 1 heterocycles. The third kappa shape index (κ3) is 4.99. The summed E-state index contributed by atoms with van der Waals surface area (Å²) < 4.78 is 0. The maximum atomic E-state index is 10.7. The molecule has 1 aromatic heterocycles. The zero-order valence-corrected chi connectivity index (χ0v) is 11.7. The van der Waals surface area contributed by atoms with Crippen LogP contribution in [0.3, 0.4) is 0 Å². The summed E-state index contributed by atoms with van der Waals surface area (Å²) >= 11 is 0. The fraction of sp³-hybridized carbons (Fsp3) is 0.429. The van der Waals surface area contributed by atoms with Crippen LogP contribution in [-0.4, -0.2) is 28.1 Å². The molecule has 0 unspecified atom stereocenters. The number of nitrogens with one attached hydrogen (secondary N) is 2. The van der Waals surface area contributed by atoms with Gasteiger partial charge in [-0.05, 0) is 0 Å². The molecule has 4 N–H and O–H groups in total. The van der Waals surface area contributed by atoms with Crippen LogP contribution >= 0.6 is 0 Å². The van der Waals surface area contributed by atoms with Gasteiger partial charge in [0, 0.05) is 45.7 Å². The van der Waals surface area contributed by atoms with Crippen molar-refractivity contribution < 1.29 is 37.5 Å². The number of carbonyl (C=O) groups excluding carboxylic acids is 1. The van der Waals surface area contributed by atoms with Crippen molar-refractivity contribution in [1.82, 2.24) is 15.2 Å². The SMILES string of the molecule is CC.CNc1nc([NH-])nnc1C(N)=O.[Y]. The van der Waals surface area contributed by atoms with Gasteiger partial charge >= 0.3 is 0 Å². The number of carbonyl (C=O) groups is 1. The van der Waals surface area contributed by atoms with Gasteiger partial charge in [0.05, 0.1) is 5.82 Å². The average molecular weight is 286 g/mol. The Kier molecular flexibility index (Phi) is 9.40. The molecule has 0 atom stereocenters. The van der Waals surface area contributed by atoms with Crippen molar-refractivity contribution in [2.45, 2.75) is 13.8 Å². The minimum Gasteiger partial charge on any atom is -0.409 e. The summed E-state index contributed by atoms with van der Waals surface area (Å²) in [7, 11) is 1.55. The molecule has 0 bridgehead atoms. The first-order valence-corrected chi connectivity index (χ1v) is 4.09. The fourth-order valence-corrected chi connectivity index (χ4v) is 0.666. The van der Waals surface area contributed by atoms with E-state index in [1.165, 1.54) is 0 Å². The van der Waals surface area contributed by atoms with Gasteiger partial charge < -0.3 is 21.8 Å². The second-order valence-corrected chi connectivity index (χ2v) is 1.95. The molecule has 0 aliphatic heterocycles. The zero-order valence-electron chi connectivity index (χ0n) is 8.90. The van der Waals surface area contributed by atoms with E-state index in [-0.39, 0.29) is 50.2 Å². The standard InChI is InChI=1S/C5H8N6O.C2H6.Y/c1-8-4-2(3(6)12)10-11-5(7)9-4;1-2;/h1H3,(H5,6,7,8,9,11,12);1-2H3;/p-1. The number of amides is 1. The van der Waals surface area contributed by atoms with Crippen molar-refractivity contribution in [2.24, 2.45) is 5.73 Å². The molecule has 0 fully saturated rings. The average Bonchev–Trinajstić information content (AvgIpc) is 2.20. The van der Waals surface area contributed by atoms with Gasteiger partial charge in [-0.15, -0.1) is 0 Å². The van der Waals surface area contributed by atoms with Crippen LogP contribution in [0.4, 0.5) is 11.8 Å². The first kappa shape index (κ1) is 16.6. The summed E-state index contributed by atoms with van der Waals surface area (Å²) in [5.74, 6) is -0.814. The van der Waals surface area contributed by atoms with Crippen molar-refractivity contribution >= 4 is 17.7 Å². The van der Waals surface area contributed by atoms with Crippen LogP contribution in [0.1, 0.15) is 24.3 Å². The van der Waals surface area contributed by atoms with Gasteiger partial charge in [-0.2, -0.15) is 0 Å². The molecule has 7 nitrogen and oxygen atoms in total. The van der Waals surface area contributed by atoms with Crippen LogP contribution in [0.25, 0.3) is 5.73 Å². The number of nitrogens with zero attached hydrogens (tertiary/aromatic N) is 3. The number of hydrogen-bond acceptors (Lipinski definition) is 5. The molecule has 1 radical (unpaired) electrons. The van der Waals surface area contributed by atoms with Gasteiger partial charge in [-0.1, -0.05) is 13.8 Å². The van der Waals surface area contributed by atoms with Crippen molar-refractivity contribution in [3.8, 4) is 0 Å². The molecule has 1 amide bonds. The van der Waals surface area contributed by atoms with Crippen LogP contribution in [0.15, 0.2) is 0 Å². The summed E-state index contributed by atoms with van der Waals surface area (Å²) in [6.45, 7) is 4.00. The Balaban J connectivity index is 0. The largest absolute Gasteiger partial charge is 0.409 e. The van der Waals surface area contributed by atoms with E-state index in [0.717, 1.165) is 0 Å². The summed E-state index contributed by atoms with van der Waals surface area (Å²) in [5.41, 5.74) is 11.9. The topological polar surface area (TPSA) is 118 Å². The Hall–Kier alpha value is -0.816. The quantitative estimate of drug-likeness (QED) is 0.830. The molecule has 8 heteroatoms. The third-order valence-corrected chi connectivity index (χ3v) is 1.16. The van der Waals surface area contributed by atoms with E-state index < -0.39 is 5.91 Å². The van der Waals surface area contributed by atoms with Gasteiger partial charge in [0.1, 0.15) is 0 Å². The van der Waals surface area contributed by atoms with E-state index in [9.17, 15) is 4.79 Å². The van der Waals surface area contributed by atoms with Crippen LogP contribution < -0.4 is 11.1 Å². The molecule has 0 aliphatic carbocycles. The summed E-state index contributed by atoms with van der Waals surface area (Å²) in [4.78, 5) is 14.3. The van der Waals surface area contributed by atoms with E-state index >= 15 is 0 Å². The molecular formula is C7H13N6OY-. The molecule has 1 rings (SSSR count). The Bertz CT molecular complexity index is 318. The second-order valence-electron chi connectivity index (χ2n) is 1.95. The zero-order chi connectivity index (χ0) is 11.1. The van der Waals surface area contributed by atoms with E-state index in [1.54, 1.807) is 7.05 Å². The Morgan fingerprint density at radius 1 is 1.40 bits per heavy atom. The number of rotatable bonds is 2. The molecule has 0 saturated heterocycles. The van der Waals surface area contributed by atoms with Crippen molar-refractivity contribution in [3.63, 3.8) is 0 Å². The summed E-state index contributed by atoms with van der Waals surface area (Å²) in [5, 5.41) is 9.27. The maximum Gasteiger partial charge on any atom is 0.270 e. The summed E-state index contributed by atoms with van der Waals surface area (Å²) in [6, 6.07) is 0. The summed E-state index contributed by atoms with van der Waals surface area (Å²) in [6.07, 6.45) is 0. The molecule has 0 spiro atoms. The molecular weight excluding hydrogens is 273 g/mol. The van der Waals surface area contributed by atoms with Crippen LogP contribution in [0.5, 0.6) is 0 Å². The van der Waals surface area contributed by atoms with Crippen LogP contribution in [0.2, 0.25) is 0 Å². The fourth-order valence-electron chi connectivity index (χ4n) is 0.666. The van der Waals surface area contributed by atoms with Crippen molar-refractivity contribution in [1.29, 1.82) is 0 Å². The van der Waals surface area contributed by atoms with E-state index in [2.05, 4.69) is 20.5 Å². The van der Waals surface area contributed by atoms with E-state index in [1.807, 2.05) is 13.8 Å². The molecule has 1 aromatic rings. The minimum atomic E-state index is -0.723. The van der Waals surface area contributed by atoms with Gasteiger partial charge in [-0.25, -0.2) is 5.10 Å². The van der Waals surface area contributed by atoms with Crippen molar-refractivity contribution in [2.75, 3.05) is 12.4 Å². The van der Waals surface area contributed by atoms with Crippen molar-refractivity contribution in [3.05, 3.63) is 11.4 Å². The third-order valence-electron chi connectivity index (χ3n) is 1.16. The minimum absolute atomic E-state index is 0. The Morgan fingerprint density at radius 3 is 2.33 bits per heavy atom. The molecule has 0 aromatic carbocycles. The van der Waals surface area contributed by atoms with Crippen LogP contribution in [0, 0.1) is 0 Å². The Labute approximate surface area is 113 Å². The number of hydrogen-bond donors (Lipinski definition) is 2. The molecule has 0 saturated carbocycles. The van der Waals surface area contributed by atoms with Gasteiger partial charge in [0.15, 0.2) is 5.69 Å². The molecule has 0 aliphatic rings. The van der Waals surface area contributed by atoms with E-state index in [0.29, 0.717) is 0 Å². The number of primary amides is 1.